The average molecular weight is 187 g/mol. The van der Waals surface area contributed by atoms with Crippen LogP contribution >= 0.6 is 12.2 Å². The lowest BCUT2D eigenvalue weighted by atomic mass is 10.4. The molecule has 3 N–H and O–H groups in total. The van der Waals surface area contributed by atoms with E-state index in [-0.39, 0.29) is 0 Å². The third kappa shape index (κ3) is 2.05. The van der Waals surface area contributed by atoms with E-state index in [1.54, 1.807) is 0 Å². The quantitative estimate of drug-likeness (QED) is 0.506. The Balaban J connectivity index is 2.64. The predicted octanol–water partition coefficient (Wildman–Crippen LogP) is -0.241. The van der Waals surface area contributed by atoms with Crippen molar-refractivity contribution >= 4 is 12.2 Å². The van der Waals surface area contributed by atoms with Crippen molar-refractivity contribution in [1.82, 2.24) is 19.8 Å². The van der Waals surface area contributed by atoms with Crippen molar-refractivity contribution in [3.8, 4) is 0 Å². The highest BCUT2D eigenvalue weighted by atomic mass is 32.1. The second kappa shape index (κ2) is 3.68. The zero-order chi connectivity index (χ0) is 9.14. The number of hydrogen-bond acceptors (Lipinski definition) is 4. The lowest BCUT2D eigenvalue weighted by molar-refractivity contribution is 0.408. The van der Waals surface area contributed by atoms with Crippen molar-refractivity contribution in [2.24, 2.45) is 0 Å². The summed E-state index contributed by atoms with van der Waals surface area (Å²) in [5, 5.41) is 6.61. The van der Waals surface area contributed by atoms with Crippen LogP contribution in [0.1, 0.15) is 5.82 Å². The molecule has 0 bridgehead atoms. The summed E-state index contributed by atoms with van der Waals surface area (Å²) in [5.41, 5.74) is 0. The summed E-state index contributed by atoms with van der Waals surface area (Å²) < 4.78 is 1.86. The Hall–Kier alpha value is -0.880. The van der Waals surface area contributed by atoms with Crippen LogP contribution in [0.15, 0.2) is 0 Å². The monoisotopic (exact) mass is 187 g/mol. The van der Waals surface area contributed by atoms with Crippen LogP contribution in [0.4, 0.5) is 0 Å². The van der Waals surface area contributed by atoms with Gasteiger partial charge >= 0.3 is 0 Å². The molecule has 12 heavy (non-hydrogen) atoms. The van der Waals surface area contributed by atoms with Crippen LogP contribution in [-0.2, 0) is 6.42 Å². The molecular weight excluding hydrogens is 174 g/mol. The van der Waals surface area contributed by atoms with Crippen LogP contribution in [0.3, 0.4) is 0 Å². The smallest absolute Gasteiger partial charge is 0.214 e. The van der Waals surface area contributed by atoms with Gasteiger partial charge in [-0.25, -0.2) is 4.68 Å². The fourth-order valence-electron chi connectivity index (χ4n) is 0.837. The van der Waals surface area contributed by atoms with Crippen LogP contribution in [0.5, 0.6) is 0 Å². The van der Waals surface area contributed by atoms with Crippen molar-refractivity contribution < 1.29 is 0 Å². The molecule has 0 aromatic carbocycles. The highest BCUT2D eigenvalue weighted by Gasteiger charge is 2.02. The molecule has 0 atom stereocenters. The number of rotatable bonds is 3. The number of nitrogens with one attached hydrogen (secondary N) is 1. The first kappa shape index (κ1) is 9.21. The first-order valence-corrected chi connectivity index (χ1v) is 4.08. The van der Waals surface area contributed by atoms with E-state index in [4.69, 9.17) is 18.1 Å². The molecule has 6 heteroatoms. The highest BCUT2D eigenvalue weighted by Crippen LogP contribution is 1.93. The molecule has 0 amide bonds. The van der Waals surface area contributed by atoms with E-state index in [1.807, 2.05) is 14.1 Å². The number of nitrogens with two attached hydrogens (primary N) is 1. The van der Waals surface area contributed by atoms with Gasteiger partial charge in [0.05, 0.1) is 0 Å². The highest BCUT2D eigenvalue weighted by molar-refractivity contribution is 7.71. The minimum Gasteiger partial charge on any atom is -0.335 e. The third-order valence-electron chi connectivity index (χ3n) is 1.56. The maximum Gasteiger partial charge on any atom is 0.214 e. The normalized spacial score (nSPS) is 10.9. The summed E-state index contributed by atoms with van der Waals surface area (Å²) in [6.45, 7) is 0.914. The van der Waals surface area contributed by atoms with Crippen molar-refractivity contribution in [1.29, 1.82) is 0 Å². The predicted molar refractivity (Wildman–Crippen MR) is 49.8 cm³/mol. The lowest BCUT2D eigenvalue weighted by Crippen LogP contribution is -2.20. The number of aromatic amines is 1. The number of nitrogens with zero attached hydrogens (tertiary/aromatic N) is 3. The Kier molecular flexibility index (Phi) is 2.83. The largest absolute Gasteiger partial charge is 0.335 e. The second-order valence-corrected chi connectivity index (χ2v) is 3.25. The molecule has 0 aliphatic carbocycles. The number of hydrogen-bond donors (Lipinski definition) is 2. The number of H-pyrrole nitrogens is 1. The van der Waals surface area contributed by atoms with Gasteiger partial charge in [-0.3, -0.25) is 5.10 Å². The molecule has 0 saturated carbocycles. The van der Waals surface area contributed by atoms with Crippen LogP contribution in [0, 0.1) is 4.77 Å². The average Bonchev–Trinajstić information content (AvgIpc) is 2.30. The fourth-order valence-corrected chi connectivity index (χ4v) is 0.988. The molecule has 1 rings (SSSR count). The Morgan fingerprint density at radius 1 is 1.67 bits per heavy atom. The summed E-state index contributed by atoms with van der Waals surface area (Å²) in [5.74, 6) is 6.37. The van der Waals surface area contributed by atoms with Gasteiger partial charge in [0.15, 0.2) is 5.82 Å². The van der Waals surface area contributed by atoms with Gasteiger partial charge in [-0.2, -0.15) is 5.10 Å². The van der Waals surface area contributed by atoms with Gasteiger partial charge in [-0.05, 0) is 26.3 Å². The van der Waals surface area contributed by atoms with Gasteiger partial charge in [-0.15, -0.1) is 0 Å². The first-order valence-electron chi connectivity index (χ1n) is 3.67. The molecule has 0 unspecified atom stereocenters. The lowest BCUT2D eigenvalue weighted by Gasteiger charge is -2.07. The standard InChI is InChI=1S/C6H13N5S/c1-10(2)4-3-5-8-9-6(12)11(5)7/h3-4,7H2,1-2H3,(H,9,12). The minimum atomic E-state index is 0.462. The molecule has 0 aliphatic heterocycles. The van der Waals surface area contributed by atoms with Crippen molar-refractivity contribution in [3.63, 3.8) is 0 Å². The Labute approximate surface area is 76.1 Å². The van der Waals surface area contributed by atoms with E-state index in [2.05, 4.69) is 15.1 Å². The van der Waals surface area contributed by atoms with Gasteiger partial charge < -0.3 is 10.7 Å². The van der Waals surface area contributed by atoms with E-state index >= 15 is 0 Å². The summed E-state index contributed by atoms with van der Waals surface area (Å²) in [7, 11) is 4.00. The molecule has 1 aromatic heterocycles. The van der Waals surface area contributed by atoms with E-state index in [0.29, 0.717) is 4.77 Å². The van der Waals surface area contributed by atoms with Gasteiger partial charge in [0, 0.05) is 13.0 Å². The van der Waals surface area contributed by atoms with Crippen LogP contribution in [0.2, 0.25) is 0 Å². The van der Waals surface area contributed by atoms with Gasteiger partial charge in [0.1, 0.15) is 0 Å². The van der Waals surface area contributed by atoms with Gasteiger partial charge in [0.25, 0.3) is 0 Å². The van der Waals surface area contributed by atoms with Crippen LogP contribution < -0.4 is 5.84 Å². The van der Waals surface area contributed by atoms with Crippen LogP contribution in [-0.4, -0.2) is 40.4 Å². The van der Waals surface area contributed by atoms with Gasteiger partial charge in [0.2, 0.25) is 4.77 Å². The molecule has 0 fully saturated rings. The minimum absolute atomic E-state index is 0.462. The zero-order valence-electron chi connectivity index (χ0n) is 7.24. The molecule has 0 radical (unpaired) electrons. The molecule has 5 nitrogen and oxygen atoms in total. The molecule has 1 heterocycles. The Morgan fingerprint density at radius 2 is 2.33 bits per heavy atom. The van der Waals surface area contributed by atoms with E-state index in [0.717, 1.165) is 18.8 Å². The summed E-state index contributed by atoms with van der Waals surface area (Å²) in [4.78, 5) is 2.07. The first-order chi connectivity index (χ1) is 5.61. The van der Waals surface area contributed by atoms with Gasteiger partial charge in [-0.1, -0.05) is 0 Å². The molecule has 0 spiro atoms. The molecular formula is C6H13N5S. The Bertz CT molecular complexity index is 299. The summed E-state index contributed by atoms with van der Waals surface area (Å²) in [6.07, 6.45) is 0.802. The molecule has 68 valence electrons. The maximum atomic E-state index is 5.59. The van der Waals surface area contributed by atoms with Crippen molar-refractivity contribution in [3.05, 3.63) is 10.6 Å². The maximum absolute atomic E-state index is 5.59. The summed E-state index contributed by atoms with van der Waals surface area (Å²) >= 11 is 4.86. The topological polar surface area (TPSA) is 62.9 Å². The Morgan fingerprint density at radius 3 is 2.75 bits per heavy atom. The number of likely N-dealkylation sites (N-methyl/N-ethyl adjacent to an activating group) is 1. The summed E-state index contributed by atoms with van der Waals surface area (Å²) in [6, 6.07) is 0. The van der Waals surface area contributed by atoms with E-state index in [9.17, 15) is 0 Å². The van der Waals surface area contributed by atoms with E-state index < -0.39 is 0 Å². The van der Waals surface area contributed by atoms with E-state index in [1.165, 1.54) is 4.68 Å². The fraction of sp³-hybridized carbons (Fsp3) is 0.667. The zero-order valence-corrected chi connectivity index (χ0v) is 8.06. The molecule has 0 saturated heterocycles. The molecule has 0 aliphatic rings. The molecule has 1 aromatic rings. The third-order valence-corrected chi connectivity index (χ3v) is 1.85. The number of nitrogen functional groups attached to an aromatic ring is 1. The number of aromatic nitrogens is 3. The van der Waals surface area contributed by atoms with Crippen molar-refractivity contribution in [2.75, 3.05) is 26.5 Å². The second-order valence-electron chi connectivity index (χ2n) is 2.87. The SMILES string of the molecule is CN(C)CCc1n[nH]c(=S)n1N. The van der Waals surface area contributed by atoms with Crippen LogP contribution in [0.25, 0.3) is 0 Å². The van der Waals surface area contributed by atoms with Crippen molar-refractivity contribution in [2.45, 2.75) is 6.42 Å².